The van der Waals surface area contributed by atoms with Gasteiger partial charge in [-0.1, -0.05) is 11.8 Å². The number of benzene rings is 1. The summed E-state index contributed by atoms with van der Waals surface area (Å²) < 4.78 is 5.34. The van der Waals surface area contributed by atoms with Crippen molar-refractivity contribution in [2.24, 2.45) is 11.8 Å². The molecule has 0 amide bonds. The Morgan fingerprint density at radius 1 is 1.32 bits per heavy atom. The molecule has 7 heteroatoms. The van der Waals surface area contributed by atoms with Crippen LogP contribution in [0.5, 0.6) is 5.75 Å². The SMILES string of the molecule is COc1ccc2nccc(C(O)CC[C@@H]3CCN(CC#Cc4ccsc4)C[C@@H]3CC(=O)O)c2c1. The highest BCUT2D eigenvalue weighted by atomic mass is 32.1. The molecule has 0 saturated carbocycles. The van der Waals surface area contributed by atoms with Crippen molar-refractivity contribution < 1.29 is 19.7 Å². The molecule has 178 valence electrons. The summed E-state index contributed by atoms with van der Waals surface area (Å²) in [6.07, 6.45) is 3.49. The number of aromatic nitrogens is 1. The van der Waals surface area contributed by atoms with E-state index in [0.29, 0.717) is 13.0 Å². The maximum Gasteiger partial charge on any atom is 0.303 e. The topological polar surface area (TPSA) is 82.9 Å². The monoisotopic (exact) mass is 478 g/mol. The molecule has 34 heavy (non-hydrogen) atoms. The van der Waals surface area contributed by atoms with E-state index in [-0.39, 0.29) is 18.3 Å². The van der Waals surface area contributed by atoms with Crippen molar-refractivity contribution >= 4 is 28.2 Å². The Balaban J connectivity index is 1.39. The summed E-state index contributed by atoms with van der Waals surface area (Å²) in [6, 6.07) is 9.52. The minimum atomic E-state index is -0.769. The highest BCUT2D eigenvalue weighted by Crippen LogP contribution is 2.34. The Morgan fingerprint density at radius 2 is 2.21 bits per heavy atom. The fourth-order valence-electron chi connectivity index (χ4n) is 4.82. The Bertz CT molecular complexity index is 1170. The lowest BCUT2D eigenvalue weighted by molar-refractivity contribution is -0.139. The third-order valence-corrected chi connectivity index (χ3v) is 7.30. The maximum atomic E-state index is 11.5. The van der Waals surface area contributed by atoms with Gasteiger partial charge in [-0.15, -0.1) is 0 Å². The van der Waals surface area contributed by atoms with Gasteiger partial charge in [0, 0.05) is 35.5 Å². The van der Waals surface area contributed by atoms with Crippen molar-refractivity contribution in [3.8, 4) is 17.6 Å². The summed E-state index contributed by atoms with van der Waals surface area (Å²) in [5.74, 6) is 6.67. The number of thiophene rings is 1. The van der Waals surface area contributed by atoms with Crippen molar-refractivity contribution in [2.75, 3.05) is 26.7 Å². The molecule has 2 aromatic heterocycles. The lowest BCUT2D eigenvalue weighted by atomic mass is 9.79. The normalized spacial score (nSPS) is 19.4. The van der Waals surface area contributed by atoms with E-state index in [1.54, 1.807) is 24.6 Å². The van der Waals surface area contributed by atoms with Crippen LogP contribution in [-0.2, 0) is 4.79 Å². The molecule has 2 N–H and O–H groups in total. The number of fused-ring (bicyclic) bond motifs is 1. The van der Waals surface area contributed by atoms with Crippen molar-refractivity contribution in [1.29, 1.82) is 0 Å². The van der Waals surface area contributed by atoms with Crippen LogP contribution in [0.15, 0.2) is 47.3 Å². The number of aliphatic hydroxyl groups is 1. The van der Waals surface area contributed by atoms with E-state index in [1.807, 2.05) is 41.1 Å². The standard InChI is InChI=1S/C27H30N2O4S/c1-33-22-5-6-25-24(16-22)23(8-11-28-25)26(30)7-4-20-9-13-29(17-21(20)15-27(31)32)12-2-3-19-10-14-34-18-19/h5-6,8,10-11,14,16,18,20-21,26,30H,4,7,9,12-13,15,17H2,1H3,(H,31,32)/t20-,21+,26?/m1/s1. The van der Waals surface area contributed by atoms with E-state index in [2.05, 4.69) is 21.7 Å². The van der Waals surface area contributed by atoms with E-state index in [4.69, 9.17) is 4.74 Å². The zero-order valence-electron chi connectivity index (χ0n) is 19.3. The molecule has 0 spiro atoms. The van der Waals surface area contributed by atoms with Gasteiger partial charge in [-0.2, -0.15) is 11.3 Å². The van der Waals surface area contributed by atoms with Gasteiger partial charge in [0.05, 0.1) is 25.3 Å². The number of piperidine rings is 1. The molecule has 3 heterocycles. The molecule has 0 radical (unpaired) electrons. The van der Waals surface area contributed by atoms with Gasteiger partial charge < -0.3 is 14.9 Å². The predicted octanol–water partition coefficient (Wildman–Crippen LogP) is 4.58. The van der Waals surface area contributed by atoms with Crippen LogP contribution in [0.3, 0.4) is 0 Å². The van der Waals surface area contributed by atoms with Gasteiger partial charge in [-0.05, 0) is 78.9 Å². The summed E-state index contributed by atoms with van der Waals surface area (Å²) in [5.41, 5.74) is 2.68. The molecule has 1 saturated heterocycles. The molecule has 3 atom stereocenters. The number of hydrogen-bond acceptors (Lipinski definition) is 6. The summed E-state index contributed by atoms with van der Waals surface area (Å²) >= 11 is 1.63. The maximum absolute atomic E-state index is 11.5. The van der Waals surface area contributed by atoms with Crippen molar-refractivity contribution in [3.63, 3.8) is 0 Å². The number of likely N-dealkylation sites (tertiary alicyclic amines) is 1. The molecule has 1 unspecified atom stereocenters. The van der Waals surface area contributed by atoms with Crippen LogP contribution in [-0.4, -0.2) is 52.8 Å². The van der Waals surface area contributed by atoms with Crippen LogP contribution in [0, 0.1) is 23.7 Å². The largest absolute Gasteiger partial charge is 0.497 e. The van der Waals surface area contributed by atoms with Crippen LogP contribution in [0.4, 0.5) is 0 Å². The fourth-order valence-corrected chi connectivity index (χ4v) is 5.40. The number of ether oxygens (including phenoxy) is 1. The molecule has 1 aromatic carbocycles. The van der Waals surface area contributed by atoms with Gasteiger partial charge in [0.1, 0.15) is 5.75 Å². The molecule has 1 fully saturated rings. The lowest BCUT2D eigenvalue weighted by Gasteiger charge is -2.37. The van der Waals surface area contributed by atoms with Gasteiger partial charge in [0.15, 0.2) is 0 Å². The fraction of sp³-hybridized carbons (Fsp3) is 0.407. The first kappa shape index (κ1) is 24.2. The van der Waals surface area contributed by atoms with E-state index >= 15 is 0 Å². The number of carboxylic acids is 1. The van der Waals surface area contributed by atoms with Gasteiger partial charge in [-0.25, -0.2) is 0 Å². The number of pyridine rings is 1. The summed E-state index contributed by atoms with van der Waals surface area (Å²) in [4.78, 5) is 18.2. The molecular weight excluding hydrogens is 448 g/mol. The zero-order chi connectivity index (χ0) is 23.9. The molecule has 1 aliphatic rings. The first-order valence-corrected chi connectivity index (χ1v) is 12.5. The molecule has 1 aliphatic heterocycles. The predicted molar refractivity (Wildman–Crippen MR) is 134 cm³/mol. The van der Waals surface area contributed by atoms with Crippen LogP contribution < -0.4 is 4.74 Å². The second-order valence-electron chi connectivity index (χ2n) is 8.83. The third-order valence-electron chi connectivity index (χ3n) is 6.62. The lowest BCUT2D eigenvalue weighted by Crippen LogP contribution is -2.41. The Morgan fingerprint density at radius 3 is 2.97 bits per heavy atom. The number of methoxy groups -OCH3 is 1. The number of carboxylic acid groups (broad SMARTS) is 1. The van der Waals surface area contributed by atoms with E-state index in [9.17, 15) is 15.0 Å². The number of aliphatic hydroxyl groups excluding tert-OH is 1. The average molecular weight is 479 g/mol. The first-order chi connectivity index (χ1) is 16.5. The third kappa shape index (κ3) is 6.15. The molecule has 0 bridgehead atoms. The van der Waals surface area contributed by atoms with E-state index in [0.717, 1.165) is 53.7 Å². The van der Waals surface area contributed by atoms with Crippen molar-refractivity contribution in [2.45, 2.75) is 31.8 Å². The van der Waals surface area contributed by atoms with Gasteiger partial charge >= 0.3 is 5.97 Å². The van der Waals surface area contributed by atoms with Gasteiger partial charge in [0.2, 0.25) is 0 Å². The van der Waals surface area contributed by atoms with Crippen LogP contribution in [0.2, 0.25) is 0 Å². The minimum Gasteiger partial charge on any atom is -0.497 e. The van der Waals surface area contributed by atoms with Gasteiger partial charge in [0.25, 0.3) is 0 Å². The van der Waals surface area contributed by atoms with Crippen LogP contribution >= 0.6 is 11.3 Å². The molecular formula is C27H30N2O4S. The number of aliphatic carboxylic acids is 1. The highest BCUT2D eigenvalue weighted by Gasteiger charge is 2.31. The highest BCUT2D eigenvalue weighted by molar-refractivity contribution is 7.08. The zero-order valence-corrected chi connectivity index (χ0v) is 20.1. The number of rotatable bonds is 8. The number of carbonyl (C=O) groups is 1. The van der Waals surface area contributed by atoms with Crippen LogP contribution in [0.1, 0.15) is 42.9 Å². The smallest absolute Gasteiger partial charge is 0.303 e. The quantitative estimate of drug-likeness (QED) is 0.461. The number of nitrogens with zero attached hydrogens (tertiary/aromatic N) is 2. The van der Waals surface area contributed by atoms with Crippen molar-refractivity contribution in [1.82, 2.24) is 9.88 Å². The molecule has 3 aromatic rings. The van der Waals surface area contributed by atoms with Gasteiger partial charge in [-0.3, -0.25) is 14.7 Å². The first-order valence-electron chi connectivity index (χ1n) is 11.6. The average Bonchev–Trinajstić information content (AvgIpc) is 3.36. The molecule has 0 aliphatic carbocycles. The van der Waals surface area contributed by atoms with E-state index < -0.39 is 12.1 Å². The number of hydrogen-bond donors (Lipinski definition) is 2. The van der Waals surface area contributed by atoms with Crippen molar-refractivity contribution in [3.05, 3.63) is 58.4 Å². The molecule has 4 rings (SSSR count). The van der Waals surface area contributed by atoms with E-state index in [1.165, 1.54) is 0 Å². The Hall–Kier alpha value is -2.92. The summed E-state index contributed by atoms with van der Waals surface area (Å²) in [6.45, 7) is 2.26. The summed E-state index contributed by atoms with van der Waals surface area (Å²) in [7, 11) is 1.62. The second kappa shape index (κ2) is 11.5. The Labute approximate surface area is 204 Å². The summed E-state index contributed by atoms with van der Waals surface area (Å²) in [5, 5.41) is 25.4. The molecule has 6 nitrogen and oxygen atoms in total. The Kier molecular flexibility index (Phi) is 8.17. The minimum absolute atomic E-state index is 0.0516. The van der Waals surface area contributed by atoms with Crippen LogP contribution in [0.25, 0.3) is 10.9 Å². The second-order valence-corrected chi connectivity index (χ2v) is 9.61.